The third-order valence-electron chi connectivity index (χ3n) is 3.46. The Morgan fingerprint density at radius 2 is 2.17 bits per heavy atom. The number of nitrogens with zero attached hydrogens (tertiary/aromatic N) is 3. The maximum absolute atomic E-state index is 5.31. The molecule has 0 unspecified atom stereocenters. The van der Waals surface area contributed by atoms with Gasteiger partial charge < -0.3 is 19.8 Å². The topological polar surface area (TPSA) is 63.0 Å². The molecule has 0 fully saturated rings. The van der Waals surface area contributed by atoms with Crippen LogP contribution in [0, 0.1) is 6.92 Å². The Labute approximate surface area is 161 Å². The number of aliphatic imine (C=N–C) groups is 1. The zero-order chi connectivity index (χ0) is 16.5. The lowest BCUT2D eigenvalue weighted by molar-refractivity contribution is 0.155. The van der Waals surface area contributed by atoms with Gasteiger partial charge in [0.15, 0.2) is 5.96 Å². The van der Waals surface area contributed by atoms with E-state index in [9.17, 15) is 0 Å². The quantitative estimate of drug-likeness (QED) is 0.284. The Bertz CT molecular complexity index is 641. The second kappa shape index (κ2) is 11.2. The van der Waals surface area contributed by atoms with Gasteiger partial charge in [-0.25, -0.2) is 4.98 Å². The number of pyridine rings is 1. The number of rotatable bonds is 8. The van der Waals surface area contributed by atoms with Crippen LogP contribution in [-0.2, 0) is 11.2 Å². The second-order valence-corrected chi connectivity index (χ2v) is 5.29. The van der Waals surface area contributed by atoms with Crippen molar-refractivity contribution in [2.24, 2.45) is 4.99 Å². The van der Waals surface area contributed by atoms with Crippen molar-refractivity contribution >= 4 is 35.6 Å². The standard InChI is InChI=1S/C17H27N5O.HI/c1-4-18-17(20-10-12-23-5-2)19-9-8-15-13-22-11-6-7-14(3)16(22)21-15;/h6-7,11,13H,4-5,8-10,12H2,1-3H3,(H2,18,19,20);1H. The molecule has 24 heavy (non-hydrogen) atoms. The molecule has 0 aliphatic rings. The first-order valence-corrected chi connectivity index (χ1v) is 8.27. The summed E-state index contributed by atoms with van der Waals surface area (Å²) in [6.07, 6.45) is 4.98. The minimum Gasteiger partial charge on any atom is -0.380 e. The van der Waals surface area contributed by atoms with Gasteiger partial charge in [-0.1, -0.05) is 6.07 Å². The van der Waals surface area contributed by atoms with Gasteiger partial charge in [-0.3, -0.25) is 4.99 Å². The molecule has 0 spiro atoms. The highest BCUT2D eigenvalue weighted by atomic mass is 127. The molecule has 0 aliphatic heterocycles. The zero-order valence-electron chi connectivity index (χ0n) is 14.7. The summed E-state index contributed by atoms with van der Waals surface area (Å²) >= 11 is 0. The summed E-state index contributed by atoms with van der Waals surface area (Å²) in [6, 6.07) is 4.12. The van der Waals surface area contributed by atoms with Crippen LogP contribution in [0.15, 0.2) is 29.5 Å². The van der Waals surface area contributed by atoms with Gasteiger partial charge in [-0.2, -0.15) is 0 Å². The monoisotopic (exact) mass is 445 g/mol. The van der Waals surface area contributed by atoms with Gasteiger partial charge in [0.1, 0.15) is 5.65 Å². The van der Waals surface area contributed by atoms with Gasteiger partial charge in [0.25, 0.3) is 0 Å². The average molecular weight is 445 g/mol. The van der Waals surface area contributed by atoms with Gasteiger partial charge in [0.2, 0.25) is 0 Å². The van der Waals surface area contributed by atoms with Crippen LogP contribution in [0.3, 0.4) is 0 Å². The molecule has 0 aromatic carbocycles. The van der Waals surface area contributed by atoms with E-state index in [4.69, 9.17) is 4.74 Å². The molecule has 2 heterocycles. The Hall–Kier alpha value is -1.35. The summed E-state index contributed by atoms with van der Waals surface area (Å²) in [5, 5.41) is 6.58. The van der Waals surface area contributed by atoms with Gasteiger partial charge in [-0.05, 0) is 32.4 Å². The van der Waals surface area contributed by atoms with Crippen LogP contribution in [0.25, 0.3) is 5.65 Å². The molecule has 134 valence electrons. The third-order valence-corrected chi connectivity index (χ3v) is 3.46. The van der Waals surface area contributed by atoms with Crippen molar-refractivity contribution in [1.29, 1.82) is 0 Å². The van der Waals surface area contributed by atoms with E-state index in [2.05, 4.69) is 51.1 Å². The van der Waals surface area contributed by atoms with Crippen LogP contribution < -0.4 is 10.6 Å². The number of aromatic nitrogens is 2. The number of aryl methyl sites for hydroxylation is 1. The summed E-state index contributed by atoms with van der Waals surface area (Å²) in [5.41, 5.74) is 3.30. The van der Waals surface area contributed by atoms with E-state index in [1.807, 2.05) is 19.2 Å². The first kappa shape index (κ1) is 20.7. The lowest BCUT2D eigenvalue weighted by atomic mass is 10.3. The van der Waals surface area contributed by atoms with E-state index < -0.39 is 0 Å². The largest absolute Gasteiger partial charge is 0.380 e. The number of fused-ring (bicyclic) bond motifs is 1. The van der Waals surface area contributed by atoms with Crippen LogP contribution in [-0.4, -0.2) is 48.2 Å². The summed E-state index contributed by atoms with van der Waals surface area (Å²) in [5.74, 6) is 0.826. The summed E-state index contributed by atoms with van der Waals surface area (Å²) in [4.78, 5) is 9.17. The van der Waals surface area contributed by atoms with Crippen LogP contribution >= 0.6 is 24.0 Å². The number of hydrogen-bond acceptors (Lipinski definition) is 3. The molecule has 7 heteroatoms. The van der Waals surface area contributed by atoms with E-state index in [0.717, 1.165) is 43.4 Å². The van der Waals surface area contributed by atoms with E-state index in [1.165, 1.54) is 5.56 Å². The molecule has 0 atom stereocenters. The molecule has 0 radical (unpaired) electrons. The number of hydrogen-bond donors (Lipinski definition) is 2. The highest BCUT2D eigenvalue weighted by Crippen LogP contribution is 2.09. The first-order chi connectivity index (χ1) is 11.2. The Morgan fingerprint density at radius 1 is 1.33 bits per heavy atom. The molecule has 2 N–H and O–H groups in total. The van der Waals surface area contributed by atoms with Crippen molar-refractivity contribution in [3.05, 3.63) is 35.8 Å². The lowest BCUT2D eigenvalue weighted by Gasteiger charge is -2.10. The van der Waals surface area contributed by atoms with Crippen LogP contribution in [0.4, 0.5) is 0 Å². The minimum absolute atomic E-state index is 0. The zero-order valence-corrected chi connectivity index (χ0v) is 17.0. The predicted octanol–water partition coefficient (Wildman–Crippen LogP) is 2.39. The van der Waals surface area contributed by atoms with Crippen LogP contribution in [0.2, 0.25) is 0 Å². The van der Waals surface area contributed by atoms with E-state index in [0.29, 0.717) is 13.2 Å². The van der Waals surface area contributed by atoms with Gasteiger partial charge >= 0.3 is 0 Å². The van der Waals surface area contributed by atoms with Gasteiger partial charge in [0, 0.05) is 38.5 Å². The molecule has 0 saturated heterocycles. The fourth-order valence-corrected chi connectivity index (χ4v) is 2.34. The summed E-state index contributed by atoms with van der Waals surface area (Å²) < 4.78 is 7.38. The van der Waals surface area contributed by atoms with Crippen molar-refractivity contribution in [2.75, 3.05) is 32.8 Å². The number of guanidine groups is 1. The average Bonchev–Trinajstić information content (AvgIpc) is 2.96. The fourth-order valence-electron chi connectivity index (χ4n) is 2.34. The van der Waals surface area contributed by atoms with Crippen LogP contribution in [0.1, 0.15) is 25.1 Å². The van der Waals surface area contributed by atoms with E-state index in [1.54, 1.807) is 0 Å². The molecule has 2 rings (SSSR count). The molecular weight excluding hydrogens is 417 g/mol. The van der Waals surface area contributed by atoms with Crippen molar-refractivity contribution in [1.82, 2.24) is 20.0 Å². The van der Waals surface area contributed by atoms with E-state index >= 15 is 0 Å². The lowest BCUT2D eigenvalue weighted by Crippen LogP contribution is -2.38. The SMILES string of the molecule is CCNC(=NCCOCC)NCCc1cn2cccc(C)c2n1.I. The molecule has 0 amide bonds. The Kier molecular flexibility index (Phi) is 9.70. The Balaban J connectivity index is 0.00000288. The number of nitrogens with one attached hydrogen (secondary N) is 2. The van der Waals surface area contributed by atoms with Crippen molar-refractivity contribution in [2.45, 2.75) is 27.2 Å². The number of halogens is 1. The molecule has 0 bridgehead atoms. The third kappa shape index (κ3) is 6.27. The maximum Gasteiger partial charge on any atom is 0.191 e. The van der Waals surface area contributed by atoms with Crippen molar-refractivity contribution < 1.29 is 4.74 Å². The van der Waals surface area contributed by atoms with Gasteiger partial charge in [0.05, 0.1) is 18.8 Å². The second-order valence-electron chi connectivity index (χ2n) is 5.29. The van der Waals surface area contributed by atoms with Gasteiger partial charge in [-0.15, -0.1) is 24.0 Å². The fraction of sp³-hybridized carbons (Fsp3) is 0.529. The highest BCUT2D eigenvalue weighted by molar-refractivity contribution is 14.0. The molecule has 2 aromatic rings. The molecule has 0 aliphatic carbocycles. The molecule has 6 nitrogen and oxygen atoms in total. The molecule has 2 aromatic heterocycles. The summed E-state index contributed by atoms with van der Waals surface area (Å²) in [6.45, 7) is 9.81. The van der Waals surface area contributed by atoms with E-state index in [-0.39, 0.29) is 24.0 Å². The smallest absolute Gasteiger partial charge is 0.191 e. The molecule has 0 saturated carbocycles. The Morgan fingerprint density at radius 3 is 2.88 bits per heavy atom. The first-order valence-electron chi connectivity index (χ1n) is 8.27. The number of imidazole rings is 1. The highest BCUT2D eigenvalue weighted by Gasteiger charge is 2.04. The van der Waals surface area contributed by atoms with Crippen molar-refractivity contribution in [3.8, 4) is 0 Å². The molecular formula is C17H28IN5O. The normalized spacial score (nSPS) is 11.4. The minimum atomic E-state index is 0. The number of ether oxygens (including phenoxy) is 1. The summed E-state index contributed by atoms with van der Waals surface area (Å²) in [7, 11) is 0. The maximum atomic E-state index is 5.31. The van der Waals surface area contributed by atoms with Crippen molar-refractivity contribution in [3.63, 3.8) is 0 Å². The van der Waals surface area contributed by atoms with Crippen LogP contribution in [0.5, 0.6) is 0 Å². The predicted molar refractivity (Wildman–Crippen MR) is 110 cm³/mol.